The maximum Gasteiger partial charge on any atom is 0.295 e. The van der Waals surface area contributed by atoms with Gasteiger partial charge in [0.15, 0.2) is 11.0 Å². The molecular formula is C49H59N2S+. The van der Waals surface area contributed by atoms with Crippen molar-refractivity contribution in [2.45, 2.75) is 154 Å². The first-order valence-electron chi connectivity index (χ1n) is 21.1. The number of rotatable bonds is 8. The van der Waals surface area contributed by atoms with Crippen molar-refractivity contribution in [2.24, 2.45) is 0 Å². The quantitative estimate of drug-likeness (QED) is 0.139. The first kappa shape index (κ1) is 34.3. The molecule has 0 saturated heterocycles. The Morgan fingerprint density at radius 1 is 0.750 bits per heavy atom. The van der Waals surface area contributed by atoms with Crippen LogP contribution in [-0.4, -0.2) is 4.57 Å². The number of para-hydroxylation sites is 2. The summed E-state index contributed by atoms with van der Waals surface area (Å²) in [5.74, 6) is 2.58. The number of hydrogen-bond acceptors (Lipinski definition) is 1. The van der Waals surface area contributed by atoms with E-state index in [-0.39, 0.29) is 11.0 Å². The molecule has 3 heterocycles. The summed E-state index contributed by atoms with van der Waals surface area (Å²) in [6, 6.07) is 29.2. The molecule has 1 aliphatic heterocycles. The van der Waals surface area contributed by atoms with Crippen molar-refractivity contribution >= 4 is 42.5 Å². The van der Waals surface area contributed by atoms with Crippen molar-refractivity contribution in [1.82, 2.24) is 4.57 Å². The predicted molar refractivity (Wildman–Crippen MR) is 224 cm³/mol. The molecule has 0 radical (unpaired) electrons. The van der Waals surface area contributed by atoms with Gasteiger partial charge in [0.1, 0.15) is 11.2 Å². The monoisotopic (exact) mass is 707 g/mol. The lowest BCUT2D eigenvalue weighted by molar-refractivity contribution is -0.743. The SMILES string of the molecule is CCCCc1ccc2sc3cc(C4CCCCC4)c(-n4c5[n+](c6ccccc64)C(C)(CC)C(C)(CC)c4ccccc4-5)c(C4CCCCC4)c3c2c1. The average Bonchev–Trinajstić information content (AvgIpc) is 3.75. The highest BCUT2D eigenvalue weighted by Crippen LogP contribution is 2.54. The Hall–Kier alpha value is -3.43. The van der Waals surface area contributed by atoms with Gasteiger partial charge in [-0.15, -0.1) is 11.3 Å². The summed E-state index contributed by atoms with van der Waals surface area (Å²) in [7, 11) is 0. The third-order valence-electron chi connectivity index (χ3n) is 14.6. The highest BCUT2D eigenvalue weighted by atomic mass is 32.1. The van der Waals surface area contributed by atoms with Gasteiger partial charge in [0.25, 0.3) is 5.82 Å². The van der Waals surface area contributed by atoms with Crippen molar-refractivity contribution in [3.63, 3.8) is 0 Å². The summed E-state index contributed by atoms with van der Waals surface area (Å²) in [4.78, 5) is 0. The molecule has 4 aromatic carbocycles. The minimum atomic E-state index is -0.0837. The highest BCUT2D eigenvalue weighted by molar-refractivity contribution is 7.25. The van der Waals surface area contributed by atoms with E-state index in [0.717, 1.165) is 12.8 Å². The zero-order valence-electron chi connectivity index (χ0n) is 32.5. The van der Waals surface area contributed by atoms with Crippen LogP contribution in [0.2, 0.25) is 0 Å². The van der Waals surface area contributed by atoms with E-state index in [2.05, 4.69) is 128 Å². The third-order valence-corrected chi connectivity index (χ3v) is 15.7. The number of thiophene rings is 1. The Bertz CT molecular complexity index is 2270. The van der Waals surface area contributed by atoms with E-state index >= 15 is 0 Å². The van der Waals surface area contributed by atoms with Crippen LogP contribution in [-0.2, 0) is 17.4 Å². The maximum absolute atomic E-state index is 2.86. The predicted octanol–water partition coefficient (Wildman–Crippen LogP) is 14.2. The first-order valence-corrected chi connectivity index (χ1v) is 21.9. The zero-order valence-corrected chi connectivity index (χ0v) is 33.3. The van der Waals surface area contributed by atoms with Crippen LogP contribution in [0.5, 0.6) is 0 Å². The van der Waals surface area contributed by atoms with Gasteiger partial charge in [-0.05, 0) is 118 Å². The second-order valence-electron chi connectivity index (χ2n) is 17.1. The van der Waals surface area contributed by atoms with Gasteiger partial charge < -0.3 is 0 Å². The normalized spacial score (nSPS) is 22.7. The second-order valence-corrected chi connectivity index (χ2v) is 18.2. The van der Waals surface area contributed by atoms with Crippen LogP contribution in [0, 0.1) is 0 Å². The first-order chi connectivity index (χ1) is 25.4. The van der Waals surface area contributed by atoms with E-state index in [0.29, 0.717) is 11.8 Å². The Morgan fingerprint density at radius 3 is 2.19 bits per heavy atom. The summed E-state index contributed by atoms with van der Waals surface area (Å²) < 4.78 is 8.69. The van der Waals surface area contributed by atoms with E-state index in [1.807, 2.05) is 0 Å². The lowest BCUT2D eigenvalue weighted by Gasteiger charge is -2.48. The van der Waals surface area contributed by atoms with Crippen LogP contribution < -0.4 is 4.57 Å². The topological polar surface area (TPSA) is 8.81 Å². The summed E-state index contributed by atoms with van der Waals surface area (Å²) in [6.07, 6.45) is 19.2. The molecule has 3 heteroatoms. The molecule has 2 nitrogen and oxygen atoms in total. The highest BCUT2D eigenvalue weighted by Gasteiger charge is 2.56. The standard InChI is InChI=1S/C49H59N2S/c1-6-9-20-33-29-30-42-38(31-33)45-43(52-42)32-37(34-21-12-10-13-22-34)46(44(45)35-23-14-11-15-24-35)50-40-27-18-19-28-41(40)51-47(50)36-25-16-17-26-39(36)48(4,7-2)49(51,5)8-3/h16-19,25-32,34-35H,6-15,20-24H2,1-5H3/q+1. The van der Waals surface area contributed by atoms with Gasteiger partial charge in [-0.25, -0.2) is 4.57 Å². The Kier molecular flexibility index (Phi) is 8.89. The van der Waals surface area contributed by atoms with E-state index in [1.165, 1.54) is 132 Å². The van der Waals surface area contributed by atoms with Gasteiger partial charge in [0.2, 0.25) is 0 Å². The molecule has 2 atom stereocenters. The number of benzene rings is 4. The minimum Gasteiger partial charge on any atom is -0.216 e. The fraction of sp³-hybridized carbons (Fsp3) is 0.490. The second kappa shape index (κ2) is 13.5. The van der Waals surface area contributed by atoms with Crippen LogP contribution >= 0.6 is 11.3 Å². The van der Waals surface area contributed by atoms with E-state index in [1.54, 1.807) is 22.2 Å². The number of aryl methyl sites for hydroxylation is 1. The molecule has 2 aliphatic carbocycles. The molecule has 2 aromatic heterocycles. The van der Waals surface area contributed by atoms with Gasteiger partial charge in [0, 0.05) is 36.7 Å². The van der Waals surface area contributed by atoms with Gasteiger partial charge in [-0.1, -0.05) is 109 Å². The molecule has 3 aliphatic rings. The van der Waals surface area contributed by atoms with E-state index < -0.39 is 0 Å². The maximum atomic E-state index is 2.86. The molecule has 270 valence electrons. The van der Waals surface area contributed by atoms with Gasteiger partial charge in [-0.3, -0.25) is 0 Å². The molecule has 0 amide bonds. The van der Waals surface area contributed by atoms with E-state index in [9.17, 15) is 0 Å². The molecule has 9 rings (SSSR count). The summed E-state index contributed by atoms with van der Waals surface area (Å²) in [5, 5.41) is 3.10. The largest absolute Gasteiger partial charge is 0.295 e. The van der Waals surface area contributed by atoms with Gasteiger partial charge >= 0.3 is 0 Å². The number of fused-ring (bicyclic) bond motifs is 8. The molecule has 2 unspecified atom stereocenters. The van der Waals surface area contributed by atoms with E-state index in [4.69, 9.17) is 0 Å². The number of unbranched alkanes of at least 4 members (excludes halogenated alkanes) is 1. The minimum absolute atomic E-state index is 0.00572. The van der Waals surface area contributed by atoms with Crippen LogP contribution in [0.15, 0.2) is 72.8 Å². The van der Waals surface area contributed by atoms with Crippen molar-refractivity contribution < 1.29 is 4.57 Å². The Morgan fingerprint density at radius 2 is 1.46 bits per heavy atom. The number of aromatic nitrogens is 2. The number of imidazole rings is 1. The van der Waals surface area contributed by atoms with Crippen molar-refractivity contribution in [1.29, 1.82) is 0 Å². The van der Waals surface area contributed by atoms with Crippen molar-refractivity contribution in [2.75, 3.05) is 0 Å². The van der Waals surface area contributed by atoms with Gasteiger partial charge in [-0.2, -0.15) is 4.57 Å². The fourth-order valence-corrected chi connectivity index (χ4v) is 12.4. The zero-order chi connectivity index (χ0) is 35.6. The third kappa shape index (κ3) is 5.04. The lowest BCUT2D eigenvalue weighted by Crippen LogP contribution is -2.67. The van der Waals surface area contributed by atoms with Crippen molar-refractivity contribution in [3.05, 3.63) is 95.1 Å². The van der Waals surface area contributed by atoms with Gasteiger partial charge in [0.05, 0.1) is 5.56 Å². The van der Waals surface area contributed by atoms with Crippen LogP contribution in [0.25, 0.3) is 48.3 Å². The summed E-state index contributed by atoms with van der Waals surface area (Å²) >= 11 is 2.07. The summed E-state index contributed by atoms with van der Waals surface area (Å²) in [5.41, 5.74) is 12.0. The van der Waals surface area contributed by atoms with Crippen LogP contribution in [0.4, 0.5) is 0 Å². The average molecular weight is 708 g/mol. The molecule has 0 spiro atoms. The fourth-order valence-electron chi connectivity index (χ4n) is 11.3. The van der Waals surface area contributed by atoms with Crippen LogP contribution in [0.3, 0.4) is 0 Å². The Labute approximate surface area is 316 Å². The Balaban J connectivity index is 1.48. The molecule has 2 saturated carbocycles. The molecule has 0 bridgehead atoms. The molecule has 0 N–H and O–H groups in total. The lowest BCUT2D eigenvalue weighted by atomic mass is 9.61. The molecular weight excluding hydrogens is 649 g/mol. The van der Waals surface area contributed by atoms with Crippen LogP contribution in [0.1, 0.15) is 159 Å². The smallest absolute Gasteiger partial charge is 0.216 e. The summed E-state index contributed by atoms with van der Waals surface area (Å²) in [6.45, 7) is 12.3. The molecule has 6 aromatic rings. The van der Waals surface area contributed by atoms with Crippen molar-refractivity contribution in [3.8, 4) is 17.1 Å². The number of nitrogens with zero attached hydrogens (tertiary/aromatic N) is 2. The molecule has 2 fully saturated rings. The number of hydrogen-bond donors (Lipinski definition) is 0. The molecule has 52 heavy (non-hydrogen) atoms.